The van der Waals surface area contributed by atoms with E-state index in [9.17, 15) is 14.4 Å². The van der Waals surface area contributed by atoms with Crippen LogP contribution < -0.4 is 0 Å². The number of halogens is 1. The molecule has 3 heterocycles. The molecule has 0 spiro atoms. The van der Waals surface area contributed by atoms with Gasteiger partial charge in [-0.2, -0.15) is 5.10 Å². The molecule has 0 radical (unpaired) electrons. The van der Waals surface area contributed by atoms with Gasteiger partial charge in [-0.3, -0.25) is 19.0 Å². The maximum atomic E-state index is 12.2. The number of carbonyl (C=O) groups is 3. The predicted octanol–water partition coefficient (Wildman–Crippen LogP) is 5.68. The second-order valence-electron chi connectivity index (χ2n) is 10.8. The van der Waals surface area contributed by atoms with Crippen LogP contribution in [0.15, 0.2) is 96.2 Å². The van der Waals surface area contributed by atoms with Gasteiger partial charge >= 0.3 is 17.9 Å². The third-order valence-corrected chi connectivity index (χ3v) is 8.62. The molecule has 1 aliphatic heterocycles. The number of para-hydroxylation sites is 1. The van der Waals surface area contributed by atoms with Crippen molar-refractivity contribution in [3.8, 4) is 34.2 Å². The molecule has 246 valence electrons. The minimum Gasteiger partial charge on any atom is -0.456 e. The van der Waals surface area contributed by atoms with E-state index in [2.05, 4.69) is 10.2 Å². The van der Waals surface area contributed by atoms with Gasteiger partial charge in [0.05, 0.1) is 18.0 Å². The Morgan fingerprint density at radius 3 is 2.06 bits per heavy atom. The van der Waals surface area contributed by atoms with Gasteiger partial charge in [0.1, 0.15) is 5.69 Å². The Morgan fingerprint density at radius 1 is 0.792 bits per heavy atom. The van der Waals surface area contributed by atoms with Gasteiger partial charge in [-0.25, -0.2) is 4.68 Å². The molecule has 48 heavy (non-hydrogen) atoms. The van der Waals surface area contributed by atoms with Gasteiger partial charge in [0.25, 0.3) is 0 Å². The minimum absolute atomic E-state index is 0.120. The summed E-state index contributed by atoms with van der Waals surface area (Å²) in [4.78, 5) is 36.2. The first-order valence-electron chi connectivity index (χ1n) is 14.9. The van der Waals surface area contributed by atoms with Gasteiger partial charge in [0, 0.05) is 37.0 Å². The highest BCUT2D eigenvalue weighted by molar-refractivity contribution is 7.99. The molecule has 3 aromatic carbocycles. The van der Waals surface area contributed by atoms with Crippen molar-refractivity contribution in [1.29, 1.82) is 0 Å². The van der Waals surface area contributed by atoms with Crippen molar-refractivity contribution in [3.63, 3.8) is 0 Å². The molecule has 1 fully saturated rings. The van der Waals surface area contributed by atoms with Crippen LogP contribution in [0, 0.1) is 0 Å². The molecule has 2 aromatic heterocycles. The third-order valence-electron chi connectivity index (χ3n) is 7.25. The van der Waals surface area contributed by atoms with Crippen LogP contribution in [-0.2, 0) is 33.3 Å². The Labute approximate surface area is 284 Å². The number of rotatable bonds is 9. The lowest BCUT2D eigenvalue weighted by molar-refractivity contribution is -0.213. The fraction of sp³-hybridized carbons (Fsp3) is 0.235. The van der Waals surface area contributed by atoms with Crippen LogP contribution in [0.25, 0.3) is 34.2 Å². The molecule has 4 atom stereocenters. The normalized spacial score (nSPS) is 19.0. The monoisotopic (exact) mass is 687 g/mol. The molecule has 14 heteroatoms. The van der Waals surface area contributed by atoms with E-state index in [0.717, 1.165) is 34.4 Å². The first kappa shape index (κ1) is 32.9. The maximum Gasteiger partial charge on any atom is 0.303 e. The zero-order chi connectivity index (χ0) is 33.8. The molecule has 0 aliphatic carbocycles. The van der Waals surface area contributed by atoms with Crippen molar-refractivity contribution in [2.45, 2.75) is 49.7 Å². The van der Waals surface area contributed by atoms with Crippen LogP contribution in [0.2, 0.25) is 5.02 Å². The van der Waals surface area contributed by atoms with Crippen LogP contribution in [-0.4, -0.2) is 72.8 Å². The van der Waals surface area contributed by atoms with Crippen LogP contribution in [0.1, 0.15) is 20.8 Å². The van der Waals surface area contributed by atoms with Gasteiger partial charge in [0.2, 0.25) is 0 Å². The number of hydrogen-bond donors (Lipinski definition) is 0. The van der Waals surface area contributed by atoms with Crippen molar-refractivity contribution in [3.05, 3.63) is 96.0 Å². The molecule has 0 amide bonds. The van der Waals surface area contributed by atoms with Crippen molar-refractivity contribution >= 4 is 41.3 Å². The van der Waals surface area contributed by atoms with Crippen molar-refractivity contribution in [1.82, 2.24) is 24.5 Å². The van der Waals surface area contributed by atoms with Crippen LogP contribution in [0.3, 0.4) is 0 Å². The largest absolute Gasteiger partial charge is 0.456 e. The van der Waals surface area contributed by atoms with Gasteiger partial charge in [0.15, 0.2) is 34.7 Å². The molecule has 0 unspecified atom stereocenters. The summed E-state index contributed by atoms with van der Waals surface area (Å²) >= 11 is 7.31. The molecule has 0 saturated carbocycles. The number of nitrogens with zero attached hydrogens (tertiary/aromatic N) is 5. The van der Waals surface area contributed by atoms with E-state index in [1.54, 1.807) is 12.1 Å². The Kier molecular flexibility index (Phi) is 9.90. The van der Waals surface area contributed by atoms with E-state index in [0.29, 0.717) is 21.7 Å². The average molecular weight is 688 g/mol. The molecule has 1 aliphatic rings. The number of hydrogen-bond acceptors (Lipinski definition) is 11. The van der Waals surface area contributed by atoms with Gasteiger partial charge in [-0.1, -0.05) is 60.1 Å². The molecular weight excluding hydrogens is 658 g/mol. The van der Waals surface area contributed by atoms with E-state index in [1.807, 2.05) is 88.1 Å². The number of ether oxygens (including phenoxy) is 4. The SMILES string of the molecule is CC(=O)O[C@@H]1[C@@H](OC(C)=O)[C@H](Sc2nnc(-c3cc(-c4ccccc4)n(-c4ccc(Cl)cc4)n3)n2-c2ccccc2)OC[C@H]1OC(C)=O. The van der Waals surface area contributed by atoms with E-state index in [4.69, 9.17) is 35.6 Å². The van der Waals surface area contributed by atoms with Gasteiger partial charge in [-0.15, -0.1) is 10.2 Å². The third kappa shape index (κ3) is 7.28. The lowest BCUT2D eigenvalue weighted by Gasteiger charge is -2.39. The zero-order valence-electron chi connectivity index (χ0n) is 26.1. The summed E-state index contributed by atoms with van der Waals surface area (Å²) < 4.78 is 26.2. The molecule has 0 N–H and O–H groups in total. The van der Waals surface area contributed by atoms with Gasteiger partial charge in [-0.05, 0) is 54.2 Å². The number of esters is 3. The van der Waals surface area contributed by atoms with E-state index >= 15 is 0 Å². The number of carbonyl (C=O) groups excluding carboxylic acids is 3. The van der Waals surface area contributed by atoms with E-state index < -0.39 is 41.7 Å². The molecule has 12 nitrogen and oxygen atoms in total. The summed E-state index contributed by atoms with van der Waals surface area (Å²) in [5.74, 6) is -1.45. The molecule has 6 rings (SSSR count). The number of aromatic nitrogens is 5. The quantitative estimate of drug-likeness (QED) is 0.140. The fourth-order valence-corrected chi connectivity index (χ4v) is 6.53. The number of thioether (sulfide) groups is 1. The highest BCUT2D eigenvalue weighted by atomic mass is 35.5. The van der Waals surface area contributed by atoms with Crippen molar-refractivity contribution in [2.75, 3.05) is 6.61 Å². The summed E-state index contributed by atoms with van der Waals surface area (Å²) in [6.07, 6.45) is -3.27. The lowest BCUT2D eigenvalue weighted by Crippen LogP contribution is -2.56. The molecule has 0 bridgehead atoms. The summed E-state index contributed by atoms with van der Waals surface area (Å²) in [5, 5.41) is 15.0. The number of benzene rings is 3. The highest BCUT2D eigenvalue weighted by Crippen LogP contribution is 2.37. The summed E-state index contributed by atoms with van der Waals surface area (Å²) in [7, 11) is 0. The fourth-order valence-electron chi connectivity index (χ4n) is 5.32. The van der Waals surface area contributed by atoms with E-state index in [1.165, 1.54) is 20.8 Å². The highest BCUT2D eigenvalue weighted by Gasteiger charge is 2.48. The lowest BCUT2D eigenvalue weighted by atomic mass is 10.1. The van der Waals surface area contributed by atoms with Crippen LogP contribution in [0.5, 0.6) is 0 Å². The summed E-state index contributed by atoms with van der Waals surface area (Å²) in [5.41, 5.74) is 2.89. The summed E-state index contributed by atoms with van der Waals surface area (Å²) in [6, 6.07) is 28.6. The predicted molar refractivity (Wildman–Crippen MR) is 177 cm³/mol. The molecule has 1 saturated heterocycles. The second-order valence-corrected chi connectivity index (χ2v) is 12.3. The topological polar surface area (TPSA) is 137 Å². The Balaban J connectivity index is 1.44. The Bertz CT molecular complexity index is 1920. The first-order chi connectivity index (χ1) is 23.2. The zero-order valence-corrected chi connectivity index (χ0v) is 27.6. The summed E-state index contributed by atoms with van der Waals surface area (Å²) in [6.45, 7) is 3.56. The molecule has 5 aromatic rings. The van der Waals surface area contributed by atoms with Crippen LogP contribution in [0.4, 0.5) is 0 Å². The standard InChI is InChI=1S/C34H30ClN5O7S/c1-20(41)45-29-19-44-33(31(47-22(3)43)30(29)46-21(2)42)48-34-37-36-32(39(34)25-12-8-5-9-13-25)27-18-28(23-10-6-4-7-11-23)40(38-27)26-16-14-24(35)15-17-26/h4-18,29-31,33H,19H2,1-3H3/t29-,30+,31-,33+/m1/s1. The van der Waals surface area contributed by atoms with Crippen molar-refractivity contribution in [2.24, 2.45) is 0 Å². The molecular formula is C34H30ClN5O7S. The smallest absolute Gasteiger partial charge is 0.303 e. The minimum atomic E-state index is -1.15. The van der Waals surface area contributed by atoms with E-state index in [-0.39, 0.29) is 6.61 Å². The Hall–Kier alpha value is -4.98. The average Bonchev–Trinajstić information content (AvgIpc) is 3.69. The van der Waals surface area contributed by atoms with Crippen LogP contribution >= 0.6 is 23.4 Å². The maximum absolute atomic E-state index is 12.2. The van der Waals surface area contributed by atoms with Crippen molar-refractivity contribution < 1.29 is 33.3 Å². The van der Waals surface area contributed by atoms with Gasteiger partial charge < -0.3 is 18.9 Å². The second kappa shape index (κ2) is 14.4. The Morgan fingerprint density at radius 2 is 1.42 bits per heavy atom. The first-order valence-corrected chi connectivity index (χ1v) is 16.2.